The van der Waals surface area contributed by atoms with Gasteiger partial charge in [-0.2, -0.15) is 5.10 Å². The van der Waals surface area contributed by atoms with E-state index in [2.05, 4.69) is 31.4 Å². The number of nitrogens with one attached hydrogen (secondary N) is 1. The molecule has 8 heteroatoms. The molecule has 0 atom stereocenters. The number of hydrogen-bond acceptors (Lipinski definition) is 5. The average molecular weight is 356 g/mol. The van der Waals surface area contributed by atoms with E-state index in [1.54, 1.807) is 12.4 Å². The normalized spacial score (nSPS) is 18.5. The van der Waals surface area contributed by atoms with Gasteiger partial charge < -0.3 is 5.32 Å². The SMILES string of the molecule is Cc1cnc2ccc(C3=CCc4nc(NC5CC(F)(F)C5)ncc43)nn12.[HH]. The first kappa shape index (κ1) is 15.4. The number of hydrogen-bond donors (Lipinski definition) is 1. The molecule has 3 aromatic heterocycles. The molecule has 0 radical (unpaired) electrons. The Labute approximate surface area is 149 Å². The van der Waals surface area contributed by atoms with E-state index < -0.39 is 5.92 Å². The van der Waals surface area contributed by atoms with Gasteiger partial charge in [-0.1, -0.05) is 6.08 Å². The summed E-state index contributed by atoms with van der Waals surface area (Å²) < 4.78 is 27.7. The minimum absolute atomic E-state index is 0. The number of allylic oxidation sites excluding steroid dienone is 1. The number of fused-ring (bicyclic) bond motifs is 2. The monoisotopic (exact) mass is 356 g/mol. The summed E-state index contributed by atoms with van der Waals surface area (Å²) in [5.41, 5.74) is 5.40. The molecule has 3 heterocycles. The Morgan fingerprint density at radius 1 is 1.23 bits per heavy atom. The van der Waals surface area contributed by atoms with Gasteiger partial charge in [0.25, 0.3) is 5.92 Å². The van der Waals surface area contributed by atoms with E-state index in [1.165, 1.54) is 0 Å². The van der Waals surface area contributed by atoms with Gasteiger partial charge in [0.15, 0.2) is 5.65 Å². The molecule has 1 fully saturated rings. The molecule has 2 aliphatic rings. The minimum atomic E-state index is -2.56. The minimum Gasteiger partial charge on any atom is -0.351 e. The Morgan fingerprint density at radius 2 is 2.08 bits per heavy atom. The number of aryl methyl sites for hydroxylation is 1. The van der Waals surface area contributed by atoms with Crippen molar-refractivity contribution in [2.45, 2.75) is 38.2 Å². The number of aromatic nitrogens is 5. The van der Waals surface area contributed by atoms with E-state index in [0.717, 1.165) is 33.9 Å². The zero-order chi connectivity index (χ0) is 17.9. The molecule has 26 heavy (non-hydrogen) atoms. The van der Waals surface area contributed by atoms with E-state index in [1.807, 2.05) is 23.6 Å². The van der Waals surface area contributed by atoms with Crippen molar-refractivity contribution in [3.63, 3.8) is 0 Å². The third-order valence-electron chi connectivity index (χ3n) is 4.89. The number of rotatable bonds is 3. The summed E-state index contributed by atoms with van der Waals surface area (Å²) in [4.78, 5) is 13.1. The highest BCUT2D eigenvalue weighted by Gasteiger charge is 2.45. The van der Waals surface area contributed by atoms with E-state index >= 15 is 0 Å². The van der Waals surface area contributed by atoms with Crippen molar-refractivity contribution in [3.8, 4) is 0 Å². The Bertz CT molecular complexity index is 1050. The summed E-state index contributed by atoms with van der Waals surface area (Å²) in [5, 5.41) is 7.65. The van der Waals surface area contributed by atoms with Gasteiger partial charge in [0.1, 0.15) is 0 Å². The van der Waals surface area contributed by atoms with Gasteiger partial charge >= 0.3 is 0 Å². The number of anilines is 1. The predicted molar refractivity (Wildman–Crippen MR) is 94.2 cm³/mol. The number of imidazole rings is 1. The Morgan fingerprint density at radius 3 is 2.88 bits per heavy atom. The van der Waals surface area contributed by atoms with Gasteiger partial charge in [0.05, 0.1) is 23.3 Å². The van der Waals surface area contributed by atoms with Crippen molar-refractivity contribution < 1.29 is 10.2 Å². The van der Waals surface area contributed by atoms with Crippen LogP contribution in [0.1, 0.15) is 36.9 Å². The Balaban J connectivity index is 0.00000180. The highest BCUT2D eigenvalue weighted by molar-refractivity contribution is 5.82. The van der Waals surface area contributed by atoms with E-state index in [4.69, 9.17) is 0 Å². The first-order chi connectivity index (χ1) is 12.5. The Hall–Kier alpha value is -2.90. The molecule has 2 aliphatic carbocycles. The highest BCUT2D eigenvalue weighted by Crippen LogP contribution is 2.39. The molecule has 1 saturated carbocycles. The molecule has 0 unspecified atom stereocenters. The van der Waals surface area contributed by atoms with Crippen LogP contribution >= 0.6 is 0 Å². The zero-order valence-corrected chi connectivity index (χ0v) is 14.1. The molecule has 0 amide bonds. The number of alkyl halides is 2. The molecule has 1 N–H and O–H groups in total. The quantitative estimate of drug-likeness (QED) is 0.780. The first-order valence-corrected chi connectivity index (χ1v) is 8.51. The van der Waals surface area contributed by atoms with Crippen LogP contribution in [0.25, 0.3) is 11.2 Å². The second-order valence-corrected chi connectivity index (χ2v) is 6.87. The molecular weight excluding hydrogens is 338 g/mol. The summed E-state index contributed by atoms with van der Waals surface area (Å²) >= 11 is 0. The van der Waals surface area contributed by atoms with Gasteiger partial charge in [-0.3, -0.25) is 0 Å². The fourth-order valence-electron chi connectivity index (χ4n) is 3.50. The fraction of sp³-hybridized carbons (Fsp3) is 0.333. The lowest BCUT2D eigenvalue weighted by atomic mass is 9.88. The fourth-order valence-corrected chi connectivity index (χ4v) is 3.50. The van der Waals surface area contributed by atoms with Crippen LogP contribution in [0.4, 0.5) is 14.7 Å². The van der Waals surface area contributed by atoms with Crippen LogP contribution in [0.2, 0.25) is 0 Å². The van der Waals surface area contributed by atoms with E-state index in [0.29, 0.717) is 12.4 Å². The molecule has 6 nitrogen and oxygen atoms in total. The van der Waals surface area contributed by atoms with Gasteiger partial charge in [0, 0.05) is 44.1 Å². The van der Waals surface area contributed by atoms with Crippen LogP contribution in [-0.2, 0) is 6.42 Å². The van der Waals surface area contributed by atoms with Crippen molar-refractivity contribution in [2.24, 2.45) is 0 Å². The van der Waals surface area contributed by atoms with Crippen LogP contribution < -0.4 is 5.32 Å². The van der Waals surface area contributed by atoms with Crippen molar-refractivity contribution >= 4 is 17.2 Å². The Kier molecular flexibility index (Phi) is 3.13. The summed E-state index contributed by atoms with van der Waals surface area (Å²) in [7, 11) is 0. The lowest BCUT2D eigenvalue weighted by Crippen LogP contribution is -2.44. The van der Waals surface area contributed by atoms with Crippen LogP contribution in [0.15, 0.2) is 30.6 Å². The average Bonchev–Trinajstić information content (AvgIpc) is 3.16. The first-order valence-electron chi connectivity index (χ1n) is 8.51. The third-order valence-corrected chi connectivity index (χ3v) is 4.89. The topological polar surface area (TPSA) is 68.0 Å². The highest BCUT2D eigenvalue weighted by atomic mass is 19.3. The van der Waals surface area contributed by atoms with Crippen molar-refractivity contribution in [3.05, 3.63) is 53.2 Å². The van der Waals surface area contributed by atoms with Gasteiger partial charge in [0.2, 0.25) is 5.95 Å². The van der Waals surface area contributed by atoms with Crippen molar-refractivity contribution in [2.75, 3.05) is 5.32 Å². The van der Waals surface area contributed by atoms with Gasteiger partial charge in [-0.05, 0) is 19.1 Å². The molecule has 5 rings (SSSR count). The predicted octanol–water partition coefficient (Wildman–Crippen LogP) is 3.27. The molecule has 134 valence electrons. The molecule has 0 aromatic carbocycles. The maximum atomic E-state index is 13.0. The summed E-state index contributed by atoms with van der Waals surface area (Å²) in [6.07, 6.45) is 5.95. The lowest BCUT2D eigenvalue weighted by Gasteiger charge is -2.35. The maximum Gasteiger partial charge on any atom is 0.252 e. The number of nitrogens with zero attached hydrogens (tertiary/aromatic N) is 5. The number of halogens is 2. The smallest absolute Gasteiger partial charge is 0.252 e. The van der Waals surface area contributed by atoms with Crippen molar-refractivity contribution in [1.29, 1.82) is 0 Å². The van der Waals surface area contributed by atoms with Crippen LogP contribution in [0, 0.1) is 6.92 Å². The van der Waals surface area contributed by atoms with Crippen LogP contribution in [-0.4, -0.2) is 36.5 Å². The maximum absolute atomic E-state index is 13.0. The second kappa shape index (κ2) is 5.30. The van der Waals surface area contributed by atoms with E-state index in [9.17, 15) is 8.78 Å². The largest absolute Gasteiger partial charge is 0.351 e. The molecule has 0 saturated heterocycles. The molecular formula is C18H18F2N6. The summed E-state index contributed by atoms with van der Waals surface area (Å²) in [5.74, 6) is -2.15. The van der Waals surface area contributed by atoms with E-state index in [-0.39, 0.29) is 20.3 Å². The zero-order valence-electron chi connectivity index (χ0n) is 14.1. The van der Waals surface area contributed by atoms with Gasteiger partial charge in [-0.25, -0.2) is 28.2 Å². The molecule has 3 aromatic rings. The molecule has 0 bridgehead atoms. The van der Waals surface area contributed by atoms with Gasteiger partial charge in [-0.15, -0.1) is 0 Å². The summed E-state index contributed by atoms with van der Waals surface area (Å²) in [6.45, 7) is 1.96. The lowest BCUT2D eigenvalue weighted by molar-refractivity contribution is -0.0794. The van der Waals surface area contributed by atoms with Crippen molar-refractivity contribution in [1.82, 2.24) is 24.6 Å². The standard InChI is InChI=1S/C18H16F2N6.H2/c1-10-8-21-16-5-4-15(25-26(10)16)12-2-3-14-13(12)9-22-17(24-14)23-11-6-18(19,20)7-11;/h2,4-5,8-9,11H,3,6-7H2,1H3,(H,22,23,24);1H. The summed E-state index contributed by atoms with van der Waals surface area (Å²) in [6, 6.07) is 3.61. The molecule has 0 spiro atoms. The van der Waals surface area contributed by atoms with Crippen LogP contribution in [0.5, 0.6) is 0 Å². The molecule has 0 aliphatic heterocycles. The second-order valence-electron chi connectivity index (χ2n) is 6.87. The van der Waals surface area contributed by atoms with Crippen LogP contribution in [0.3, 0.4) is 0 Å². The third kappa shape index (κ3) is 2.44.